The first-order chi connectivity index (χ1) is 13.1. The molecule has 1 aromatic heterocycles. The number of esters is 1. The molecule has 27 heavy (non-hydrogen) atoms. The zero-order valence-corrected chi connectivity index (χ0v) is 15.7. The average molecular weight is 402 g/mol. The van der Waals surface area contributed by atoms with E-state index in [0.717, 1.165) is 16.3 Å². The number of benzene rings is 2. The Kier molecular flexibility index (Phi) is 6.56. The monoisotopic (exact) mass is 402 g/mol. The van der Waals surface area contributed by atoms with E-state index in [4.69, 9.17) is 4.74 Å². The van der Waals surface area contributed by atoms with Gasteiger partial charge in [-0.25, -0.2) is 14.2 Å². The van der Waals surface area contributed by atoms with Gasteiger partial charge in [0.25, 0.3) is 5.91 Å². The molecule has 0 saturated heterocycles. The van der Waals surface area contributed by atoms with Crippen molar-refractivity contribution >= 4 is 40.7 Å². The highest BCUT2D eigenvalue weighted by Crippen LogP contribution is 2.23. The number of carbonyl (C=O) groups excluding carboxylic acids is 2. The van der Waals surface area contributed by atoms with Crippen molar-refractivity contribution in [2.75, 3.05) is 11.9 Å². The van der Waals surface area contributed by atoms with E-state index >= 15 is 0 Å². The highest BCUT2D eigenvalue weighted by Gasteiger charge is 2.11. The van der Waals surface area contributed by atoms with Crippen LogP contribution in [0.4, 0.5) is 10.1 Å². The summed E-state index contributed by atoms with van der Waals surface area (Å²) in [6, 6.07) is 12.4. The van der Waals surface area contributed by atoms with Crippen LogP contribution < -0.4 is 5.32 Å². The molecule has 0 aliphatic carbocycles. The average Bonchev–Trinajstić information content (AvgIpc) is 3.18. The van der Waals surface area contributed by atoms with E-state index in [-0.39, 0.29) is 0 Å². The molecule has 1 heterocycles. The highest BCUT2D eigenvalue weighted by molar-refractivity contribution is 7.98. The molecule has 5 nitrogen and oxygen atoms in total. The summed E-state index contributed by atoms with van der Waals surface area (Å²) < 4.78 is 18.1. The maximum Gasteiger partial charge on any atom is 0.338 e. The van der Waals surface area contributed by atoms with Gasteiger partial charge in [0.05, 0.1) is 16.8 Å². The Morgan fingerprint density at radius 1 is 1.19 bits per heavy atom. The molecule has 0 atom stereocenters. The first-order valence-corrected chi connectivity index (χ1v) is 9.85. The number of anilines is 1. The quantitative estimate of drug-likeness (QED) is 0.469. The van der Waals surface area contributed by atoms with Crippen LogP contribution in [0.1, 0.15) is 16.1 Å². The number of thioether (sulfide) groups is 1. The van der Waals surface area contributed by atoms with Gasteiger partial charge in [-0.2, -0.15) is 0 Å². The maximum absolute atomic E-state index is 13.1. The van der Waals surface area contributed by atoms with Gasteiger partial charge in [0, 0.05) is 21.7 Å². The number of nitrogens with one attached hydrogen (secondary N) is 1. The Hall–Kier alpha value is -2.71. The van der Waals surface area contributed by atoms with E-state index in [1.807, 2.05) is 17.5 Å². The molecule has 138 valence electrons. The lowest BCUT2D eigenvalue weighted by molar-refractivity contribution is -0.119. The van der Waals surface area contributed by atoms with Gasteiger partial charge in [-0.15, -0.1) is 23.1 Å². The summed E-state index contributed by atoms with van der Waals surface area (Å²) in [4.78, 5) is 29.0. The number of aromatic nitrogens is 1. The summed E-state index contributed by atoms with van der Waals surface area (Å²) >= 11 is 3.17. The molecule has 2 aromatic carbocycles. The van der Waals surface area contributed by atoms with Crippen LogP contribution in [0.2, 0.25) is 0 Å². The molecule has 0 fully saturated rings. The maximum atomic E-state index is 13.1. The van der Waals surface area contributed by atoms with Crippen molar-refractivity contribution in [3.05, 3.63) is 76.5 Å². The van der Waals surface area contributed by atoms with Gasteiger partial charge in [-0.3, -0.25) is 4.79 Å². The molecule has 8 heteroatoms. The van der Waals surface area contributed by atoms with E-state index in [0.29, 0.717) is 11.3 Å². The summed E-state index contributed by atoms with van der Waals surface area (Å²) in [5, 5.41) is 4.46. The van der Waals surface area contributed by atoms with Crippen LogP contribution in [-0.2, 0) is 15.3 Å². The molecule has 0 unspecified atom stereocenters. The van der Waals surface area contributed by atoms with Crippen molar-refractivity contribution in [3.63, 3.8) is 0 Å². The molecule has 0 aliphatic rings. The van der Waals surface area contributed by atoms with Gasteiger partial charge in [0.1, 0.15) is 5.82 Å². The standard InChI is InChI=1S/C19H15FN2O3S2/c20-14-2-1-3-15(8-14)22-18(23)9-25-19(24)13-4-6-17(7-5-13)27-11-16-10-26-12-21-16/h1-8,10,12H,9,11H2,(H,22,23). The minimum Gasteiger partial charge on any atom is -0.452 e. The topological polar surface area (TPSA) is 68.3 Å². The van der Waals surface area contributed by atoms with Crippen molar-refractivity contribution in [3.8, 4) is 0 Å². The third kappa shape index (κ3) is 5.90. The Bertz CT molecular complexity index is 915. The summed E-state index contributed by atoms with van der Waals surface area (Å²) in [7, 11) is 0. The number of amides is 1. The van der Waals surface area contributed by atoms with Crippen LogP contribution >= 0.6 is 23.1 Å². The van der Waals surface area contributed by atoms with Crippen molar-refractivity contribution in [2.24, 2.45) is 0 Å². The van der Waals surface area contributed by atoms with Gasteiger partial charge >= 0.3 is 5.97 Å². The highest BCUT2D eigenvalue weighted by atomic mass is 32.2. The molecule has 3 rings (SSSR count). The second kappa shape index (κ2) is 9.29. The largest absolute Gasteiger partial charge is 0.452 e. The van der Waals surface area contributed by atoms with Crippen molar-refractivity contribution in [1.82, 2.24) is 4.98 Å². The summed E-state index contributed by atoms with van der Waals surface area (Å²) in [5.74, 6) is -0.838. The smallest absolute Gasteiger partial charge is 0.338 e. The Labute approximate surface area is 163 Å². The first kappa shape index (κ1) is 19.1. The zero-order chi connectivity index (χ0) is 19.1. The molecule has 1 N–H and O–H groups in total. The summed E-state index contributed by atoms with van der Waals surface area (Å²) in [5.41, 5.74) is 3.46. The van der Waals surface area contributed by atoms with Crippen molar-refractivity contribution in [2.45, 2.75) is 10.6 Å². The van der Waals surface area contributed by atoms with Gasteiger partial charge in [-0.1, -0.05) is 6.07 Å². The van der Waals surface area contributed by atoms with Crippen molar-refractivity contribution < 1.29 is 18.7 Å². The van der Waals surface area contributed by atoms with E-state index in [9.17, 15) is 14.0 Å². The third-order valence-electron chi connectivity index (χ3n) is 3.40. The van der Waals surface area contributed by atoms with Crippen LogP contribution in [0.5, 0.6) is 0 Å². The fraction of sp³-hybridized carbons (Fsp3) is 0.105. The number of thiazole rings is 1. The lowest BCUT2D eigenvalue weighted by Crippen LogP contribution is -2.20. The van der Waals surface area contributed by atoms with Gasteiger partial charge in [0.2, 0.25) is 0 Å². The van der Waals surface area contributed by atoms with Crippen molar-refractivity contribution in [1.29, 1.82) is 0 Å². The SMILES string of the molecule is O=C(COC(=O)c1ccc(SCc2cscn2)cc1)Nc1cccc(F)c1. The molecule has 0 spiro atoms. The normalized spacial score (nSPS) is 10.4. The lowest BCUT2D eigenvalue weighted by atomic mass is 10.2. The van der Waals surface area contributed by atoms with E-state index < -0.39 is 24.3 Å². The fourth-order valence-corrected chi connectivity index (χ4v) is 3.60. The number of halogens is 1. The van der Waals surface area contributed by atoms with E-state index in [1.165, 1.54) is 18.2 Å². The first-order valence-electron chi connectivity index (χ1n) is 7.92. The molecule has 1 amide bonds. The molecule has 0 radical (unpaired) electrons. The van der Waals surface area contributed by atoms with Crippen LogP contribution in [0, 0.1) is 5.82 Å². The van der Waals surface area contributed by atoms with Crippen LogP contribution in [-0.4, -0.2) is 23.5 Å². The Morgan fingerprint density at radius 3 is 2.70 bits per heavy atom. The number of ether oxygens (including phenoxy) is 1. The number of nitrogens with zero attached hydrogens (tertiary/aromatic N) is 1. The Balaban J connectivity index is 1.46. The molecule has 0 aliphatic heterocycles. The van der Waals surface area contributed by atoms with E-state index in [1.54, 1.807) is 46.8 Å². The van der Waals surface area contributed by atoms with Gasteiger partial charge in [-0.05, 0) is 42.5 Å². The minimum atomic E-state index is -0.597. The third-order valence-corrected chi connectivity index (χ3v) is 5.08. The number of rotatable bonds is 7. The number of hydrogen-bond acceptors (Lipinski definition) is 6. The predicted octanol–water partition coefficient (Wildman–Crippen LogP) is 4.37. The molecule has 3 aromatic rings. The molecule has 0 bridgehead atoms. The number of hydrogen-bond donors (Lipinski definition) is 1. The molecular weight excluding hydrogens is 387 g/mol. The lowest BCUT2D eigenvalue weighted by Gasteiger charge is -2.07. The van der Waals surface area contributed by atoms with Crippen LogP contribution in [0.15, 0.2) is 64.3 Å². The zero-order valence-electron chi connectivity index (χ0n) is 14.1. The van der Waals surface area contributed by atoms with Crippen LogP contribution in [0.25, 0.3) is 0 Å². The minimum absolute atomic E-state index is 0.303. The number of carbonyl (C=O) groups is 2. The van der Waals surface area contributed by atoms with Gasteiger partial charge < -0.3 is 10.1 Å². The Morgan fingerprint density at radius 2 is 2.00 bits per heavy atom. The second-order valence-electron chi connectivity index (χ2n) is 5.43. The van der Waals surface area contributed by atoms with Gasteiger partial charge in [0.15, 0.2) is 6.61 Å². The summed E-state index contributed by atoms with van der Waals surface area (Å²) in [6.07, 6.45) is 0. The van der Waals surface area contributed by atoms with E-state index in [2.05, 4.69) is 10.3 Å². The fourth-order valence-electron chi connectivity index (χ4n) is 2.13. The second-order valence-corrected chi connectivity index (χ2v) is 7.19. The molecule has 0 saturated carbocycles. The van der Waals surface area contributed by atoms with Crippen LogP contribution in [0.3, 0.4) is 0 Å². The predicted molar refractivity (Wildman–Crippen MR) is 103 cm³/mol. The summed E-state index contributed by atoms with van der Waals surface area (Å²) in [6.45, 7) is -0.449. The molecular formula is C19H15FN2O3S2.